The van der Waals surface area contributed by atoms with Crippen molar-refractivity contribution in [2.45, 2.75) is 26.8 Å². The predicted octanol–water partition coefficient (Wildman–Crippen LogP) is 1.37. The highest BCUT2D eigenvalue weighted by molar-refractivity contribution is 5.93. The Hall–Kier alpha value is -1.45. The number of carbonyl (C=O) groups is 1. The number of ketones is 1. The zero-order chi connectivity index (χ0) is 9.84. The molecule has 1 heterocycles. The van der Waals surface area contributed by atoms with E-state index in [-0.39, 0.29) is 11.8 Å². The molecule has 0 aromatic carbocycles. The van der Waals surface area contributed by atoms with Gasteiger partial charge in [0.1, 0.15) is 18.7 Å². The number of aromatic nitrogens is 3. The minimum atomic E-state index is -0.266. The van der Waals surface area contributed by atoms with Crippen LogP contribution < -0.4 is 0 Å². The molecule has 0 saturated heterocycles. The van der Waals surface area contributed by atoms with Crippen LogP contribution in [0.3, 0.4) is 0 Å². The first-order valence-electron chi connectivity index (χ1n) is 4.14. The largest absolute Gasteiger partial charge is 0.292 e. The van der Waals surface area contributed by atoms with E-state index in [1.807, 2.05) is 13.8 Å². The Labute approximate surface area is 77.3 Å². The second-order valence-corrected chi connectivity index (χ2v) is 3.18. The van der Waals surface area contributed by atoms with E-state index in [2.05, 4.69) is 10.1 Å². The van der Waals surface area contributed by atoms with Crippen LogP contribution >= 0.6 is 0 Å². The van der Waals surface area contributed by atoms with Crippen LogP contribution in [0.15, 0.2) is 24.3 Å². The lowest BCUT2D eigenvalue weighted by atomic mass is 10.1. The maximum absolute atomic E-state index is 11.5. The summed E-state index contributed by atoms with van der Waals surface area (Å²) in [6.45, 7) is 5.59. The van der Waals surface area contributed by atoms with Crippen LogP contribution in [-0.4, -0.2) is 20.5 Å². The summed E-state index contributed by atoms with van der Waals surface area (Å²) in [4.78, 5) is 15.3. The summed E-state index contributed by atoms with van der Waals surface area (Å²) in [5.74, 6) is 0.0468. The van der Waals surface area contributed by atoms with Gasteiger partial charge in [-0.1, -0.05) is 5.57 Å². The molecular formula is C9H13N3O. The van der Waals surface area contributed by atoms with Gasteiger partial charge in [-0.15, -0.1) is 0 Å². The summed E-state index contributed by atoms with van der Waals surface area (Å²) < 4.78 is 1.54. The lowest BCUT2D eigenvalue weighted by Gasteiger charge is -2.06. The van der Waals surface area contributed by atoms with Gasteiger partial charge in [0, 0.05) is 0 Å². The summed E-state index contributed by atoms with van der Waals surface area (Å²) in [5.41, 5.74) is 0.997. The molecule has 0 N–H and O–H groups in total. The van der Waals surface area contributed by atoms with Crippen LogP contribution in [0.2, 0.25) is 0 Å². The minimum absolute atomic E-state index is 0.0468. The summed E-state index contributed by atoms with van der Waals surface area (Å²) >= 11 is 0. The van der Waals surface area contributed by atoms with E-state index >= 15 is 0 Å². The standard InChI is InChI=1S/C9H13N3O/c1-7(2)4-9(13)8(3)12-6-10-5-11-12/h4-6,8H,1-3H3. The first kappa shape index (κ1) is 9.64. The predicted molar refractivity (Wildman–Crippen MR) is 49.2 cm³/mol. The average Bonchev–Trinajstić information content (AvgIpc) is 2.53. The van der Waals surface area contributed by atoms with E-state index in [1.165, 1.54) is 6.33 Å². The molecule has 0 spiro atoms. The monoisotopic (exact) mass is 179 g/mol. The fourth-order valence-electron chi connectivity index (χ4n) is 0.953. The van der Waals surface area contributed by atoms with Crippen molar-refractivity contribution in [2.75, 3.05) is 0 Å². The zero-order valence-corrected chi connectivity index (χ0v) is 8.06. The Morgan fingerprint density at radius 3 is 2.69 bits per heavy atom. The van der Waals surface area contributed by atoms with Crippen LogP contribution in [0.25, 0.3) is 0 Å². The SMILES string of the molecule is CC(C)=CC(=O)C(C)n1cncn1. The smallest absolute Gasteiger partial charge is 0.179 e. The number of rotatable bonds is 3. The molecule has 0 aliphatic rings. The highest BCUT2D eigenvalue weighted by Gasteiger charge is 2.11. The number of carbonyl (C=O) groups excluding carboxylic acids is 1. The number of hydrogen-bond donors (Lipinski definition) is 0. The summed E-state index contributed by atoms with van der Waals surface area (Å²) in [7, 11) is 0. The van der Waals surface area contributed by atoms with E-state index in [9.17, 15) is 4.79 Å². The number of nitrogens with zero attached hydrogens (tertiary/aromatic N) is 3. The molecule has 1 unspecified atom stereocenters. The van der Waals surface area contributed by atoms with Gasteiger partial charge < -0.3 is 0 Å². The van der Waals surface area contributed by atoms with Gasteiger partial charge in [0.25, 0.3) is 0 Å². The van der Waals surface area contributed by atoms with Gasteiger partial charge in [-0.05, 0) is 26.8 Å². The van der Waals surface area contributed by atoms with E-state index < -0.39 is 0 Å². The minimum Gasteiger partial charge on any atom is -0.292 e. The van der Waals surface area contributed by atoms with Crippen molar-refractivity contribution in [2.24, 2.45) is 0 Å². The fraction of sp³-hybridized carbons (Fsp3) is 0.444. The van der Waals surface area contributed by atoms with E-state index in [0.717, 1.165) is 5.57 Å². The Morgan fingerprint density at radius 2 is 2.23 bits per heavy atom. The second-order valence-electron chi connectivity index (χ2n) is 3.18. The normalized spacial score (nSPS) is 12.2. The van der Waals surface area contributed by atoms with Gasteiger partial charge in [-0.25, -0.2) is 9.67 Å². The van der Waals surface area contributed by atoms with Crippen LogP contribution in [0.5, 0.6) is 0 Å². The number of allylic oxidation sites excluding steroid dienone is 2. The third kappa shape index (κ3) is 2.50. The lowest BCUT2D eigenvalue weighted by Crippen LogP contribution is -2.15. The van der Waals surface area contributed by atoms with Crippen molar-refractivity contribution in [1.82, 2.24) is 14.8 Å². The zero-order valence-electron chi connectivity index (χ0n) is 8.06. The molecule has 1 rings (SSSR count). The van der Waals surface area contributed by atoms with Crippen LogP contribution in [0.4, 0.5) is 0 Å². The van der Waals surface area contributed by atoms with Gasteiger partial charge in [0.05, 0.1) is 0 Å². The van der Waals surface area contributed by atoms with E-state index in [1.54, 1.807) is 24.0 Å². The van der Waals surface area contributed by atoms with Crippen molar-refractivity contribution in [1.29, 1.82) is 0 Å². The summed E-state index contributed by atoms with van der Waals surface area (Å²) in [5, 5.41) is 3.90. The van der Waals surface area contributed by atoms with Gasteiger partial charge in [0.15, 0.2) is 5.78 Å². The van der Waals surface area contributed by atoms with E-state index in [4.69, 9.17) is 0 Å². The molecule has 13 heavy (non-hydrogen) atoms. The van der Waals surface area contributed by atoms with Gasteiger partial charge in [-0.2, -0.15) is 5.10 Å². The Morgan fingerprint density at radius 1 is 1.54 bits per heavy atom. The molecule has 0 bridgehead atoms. The molecule has 1 atom stereocenters. The third-order valence-corrected chi connectivity index (χ3v) is 1.68. The van der Waals surface area contributed by atoms with Crippen molar-refractivity contribution < 1.29 is 4.79 Å². The molecule has 4 heteroatoms. The highest BCUT2D eigenvalue weighted by Crippen LogP contribution is 2.05. The molecule has 0 radical (unpaired) electrons. The second kappa shape index (κ2) is 3.98. The van der Waals surface area contributed by atoms with Crippen molar-refractivity contribution in [3.8, 4) is 0 Å². The summed E-state index contributed by atoms with van der Waals surface area (Å²) in [6.07, 6.45) is 4.58. The van der Waals surface area contributed by atoms with Crippen LogP contribution in [0, 0.1) is 0 Å². The lowest BCUT2D eigenvalue weighted by molar-refractivity contribution is -0.117. The van der Waals surface area contributed by atoms with Crippen LogP contribution in [-0.2, 0) is 4.79 Å². The molecule has 70 valence electrons. The Balaban J connectivity index is 2.74. The Kier molecular flexibility index (Phi) is 2.95. The van der Waals surface area contributed by atoms with Crippen LogP contribution in [0.1, 0.15) is 26.8 Å². The quantitative estimate of drug-likeness (QED) is 0.658. The average molecular weight is 179 g/mol. The topological polar surface area (TPSA) is 47.8 Å². The molecule has 4 nitrogen and oxygen atoms in total. The van der Waals surface area contributed by atoms with Gasteiger partial charge >= 0.3 is 0 Å². The number of hydrogen-bond acceptors (Lipinski definition) is 3. The summed E-state index contributed by atoms with van der Waals surface area (Å²) in [6, 6.07) is -0.266. The molecule has 0 aliphatic carbocycles. The molecule has 1 aromatic heterocycles. The molecule has 0 amide bonds. The molecule has 0 fully saturated rings. The fourth-order valence-corrected chi connectivity index (χ4v) is 0.953. The van der Waals surface area contributed by atoms with Crippen molar-refractivity contribution in [3.05, 3.63) is 24.3 Å². The Bertz CT molecular complexity index is 310. The highest BCUT2D eigenvalue weighted by atomic mass is 16.1. The first-order valence-corrected chi connectivity index (χ1v) is 4.14. The van der Waals surface area contributed by atoms with Gasteiger partial charge in [-0.3, -0.25) is 4.79 Å². The first-order chi connectivity index (χ1) is 6.11. The maximum Gasteiger partial charge on any atom is 0.179 e. The van der Waals surface area contributed by atoms with Crippen molar-refractivity contribution >= 4 is 5.78 Å². The molecular weight excluding hydrogens is 166 g/mol. The van der Waals surface area contributed by atoms with E-state index in [0.29, 0.717) is 0 Å². The third-order valence-electron chi connectivity index (χ3n) is 1.68. The molecule has 1 aromatic rings. The van der Waals surface area contributed by atoms with Gasteiger partial charge in [0.2, 0.25) is 0 Å². The maximum atomic E-state index is 11.5. The molecule has 0 saturated carbocycles. The molecule has 0 aliphatic heterocycles. The van der Waals surface area contributed by atoms with Crippen molar-refractivity contribution in [3.63, 3.8) is 0 Å².